The van der Waals surface area contributed by atoms with Crippen molar-refractivity contribution >= 4 is 33.0 Å². The van der Waals surface area contributed by atoms with Gasteiger partial charge in [-0.1, -0.05) is 0 Å². The first-order valence-electron chi connectivity index (χ1n) is 8.90. The Bertz CT molecular complexity index is 1150. The normalized spacial score (nSPS) is 14.0. The number of methoxy groups -OCH3 is 1. The Morgan fingerprint density at radius 3 is 2.76 bits per heavy atom. The first-order valence-corrected chi connectivity index (χ1v) is 11.2. The summed E-state index contributed by atoms with van der Waals surface area (Å²) in [6.07, 6.45) is 3.21. The highest BCUT2D eigenvalue weighted by atomic mass is 32.2. The molecule has 152 valence electrons. The monoisotopic (exact) mass is 433 g/mol. The number of carbonyl (C=O) groups is 1. The third-order valence-corrected chi connectivity index (χ3v) is 6.88. The number of aryl methyl sites for hydroxylation is 1. The number of hydrogen-bond donors (Lipinski definition) is 2. The molecule has 0 spiro atoms. The van der Waals surface area contributed by atoms with Crippen molar-refractivity contribution in [1.82, 2.24) is 9.71 Å². The molecule has 2 heterocycles. The van der Waals surface area contributed by atoms with Crippen molar-refractivity contribution in [1.29, 1.82) is 0 Å². The molecule has 1 fully saturated rings. The lowest BCUT2D eigenvalue weighted by Crippen LogP contribution is -2.26. The second-order valence-corrected chi connectivity index (χ2v) is 9.53. The molecule has 0 atom stereocenters. The van der Waals surface area contributed by atoms with Crippen LogP contribution >= 0.6 is 11.3 Å². The molecule has 1 aliphatic rings. The Hall–Kier alpha value is -2.69. The number of furan rings is 1. The molecule has 1 aliphatic carbocycles. The molecule has 0 unspecified atom stereocenters. The van der Waals surface area contributed by atoms with E-state index in [1.807, 2.05) is 0 Å². The van der Waals surface area contributed by atoms with Gasteiger partial charge in [-0.05, 0) is 50.1 Å². The number of anilines is 1. The minimum atomic E-state index is -3.66. The SMILES string of the molecule is COc1ccc(S(=O)(=O)NC2CC2)cc1NC(=O)c1nc(-c2ccco2)sc1C. The van der Waals surface area contributed by atoms with Gasteiger partial charge in [-0.25, -0.2) is 18.1 Å². The van der Waals surface area contributed by atoms with Gasteiger partial charge in [0.25, 0.3) is 5.91 Å². The van der Waals surface area contributed by atoms with Gasteiger partial charge in [0.1, 0.15) is 11.4 Å². The molecule has 0 aliphatic heterocycles. The van der Waals surface area contributed by atoms with Gasteiger partial charge in [0.05, 0.1) is 24.0 Å². The van der Waals surface area contributed by atoms with Crippen LogP contribution in [0, 0.1) is 6.92 Å². The summed E-state index contributed by atoms with van der Waals surface area (Å²) < 4.78 is 38.2. The molecule has 1 aromatic carbocycles. The van der Waals surface area contributed by atoms with Gasteiger partial charge in [-0.2, -0.15) is 0 Å². The Kier molecular flexibility index (Phi) is 5.15. The number of benzene rings is 1. The number of carbonyl (C=O) groups excluding carboxylic acids is 1. The van der Waals surface area contributed by atoms with Crippen LogP contribution in [0.15, 0.2) is 45.9 Å². The van der Waals surface area contributed by atoms with E-state index in [-0.39, 0.29) is 22.3 Å². The number of sulfonamides is 1. The predicted octanol–water partition coefficient (Wildman–Crippen LogP) is 3.41. The fourth-order valence-corrected chi connectivity index (χ4v) is 4.94. The van der Waals surface area contributed by atoms with E-state index in [4.69, 9.17) is 9.15 Å². The highest BCUT2D eigenvalue weighted by molar-refractivity contribution is 7.89. The zero-order valence-electron chi connectivity index (χ0n) is 15.8. The van der Waals surface area contributed by atoms with Gasteiger partial charge in [-0.15, -0.1) is 11.3 Å². The van der Waals surface area contributed by atoms with Crippen LogP contribution in [0.4, 0.5) is 5.69 Å². The van der Waals surface area contributed by atoms with E-state index in [1.54, 1.807) is 19.1 Å². The Labute approximate surface area is 172 Å². The molecule has 2 N–H and O–H groups in total. The van der Waals surface area contributed by atoms with E-state index < -0.39 is 15.9 Å². The first-order chi connectivity index (χ1) is 13.9. The molecule has 0 radical (unpaired) electrons. The number of rotatable bonds is 7. The summed E-state index contributed by atoms with van der Waals surface area (Å²) >= 11 is 1.34. The molecular weight excluding hydrogens is 414 g/mol. The van der Waals surface area contributed by atoms with Crippen LogP contribution < -0.4 is 14.8 Å². The molecule has 2 aromatic heterocycles. The van der Waals surface area contributed by atoms with E-state index in [0.717, 1.165) is 12.8 Å². The van der Waals surface area contributed by atoms with E-state index in [1.165, 1.54) is 42.9 Å². The molecule has 0 bridgehead atoms. The average Bonchev–Trinajstić information content (AvgIpc) is 3.17. The number of thiazole rings is 1. The van der Waals surface area contributed by atoms with Crippen molar-refractivity contribution in [2.75, 3.05) is 12.4 Å². The van der Waals surface area contributed by atoms with Gasteiger partial charge >= 0.3 is 0 Å². The molecule has 1 saturated carbocycles. The molecule has 3 aromatic rings. The van der Waals surface area contributed by atoms with Crippen molar-refractivity contribution in [2.45, 2.75) is 30.7 Å². The zero-order chi connectivity index (χ0) is 20.6. The first kappa shape index (κ1) is 19.6. The summed E-state index contributed by atoms with van der Waals surface area (Å²) in [5, 5.41) is 3.31. The highest BCUT2D eigenvalue weighted by Gasteiger charge is 2.28. The quantitative estimate of drug-likeness (QED) is 0.591. The van der Waals surface area contributed by atoms with E-state index in [0.29, 0.717) is 21.4 Å². The zero-order valence-corrected chi connectivity index (χ0v) is 17.4. The van der Waals surface area contributed by atoms with Crippen LogP contribution in [0.2, 0.25) is 0 Å². The maximum Gasteiger partial charge on any atom is 0.275 e. The standard InChI is InChI=1S/C19H19N3O5S2/c1-11-17(21-19(28-11)16-4-3-9-27-16)18(23)20-14-10-13(7-8-15(14)26-2)29(24,25)22-12-5-6-12/h3-4,7-10,12,22H,5-6H2,1-2H3,(H,20,23). The number of nitrogens with one attached hydrogen (secondary N) is 2. The lowest BCUT2D eigenvalue weighted by molar-refractivity contribution is 0.102. The van der Waals surface area contributed by atoms with Crippen molar-refractivity contribution in [3.63, 3.8) is 0 Å². The molecular formula is C19H19N3O5S2. The highest BCUT2D eigenvalue weighted by Crippen LogP contribution is 2.31. The maximum atomic E-state index is 12.8. The molecule has 0 saturated heterocycles. The number of nitrogens with zero attached hydrogens (tertiary/aromatic N) is 1. The molecule has 4 rings (SSSR count). The molecule has 1 amide bonds. The summed E-state index contributed by atoms with van der Waals surface area (Å²) in [6.45, 7) is 1.79. The van der Waals surface area contributed by atoms with Gasteiger partial charge < -0.3 is 14.5 Å². The van der Waals surface area contributed by atoms with Gasteiger partial charge in [0.15, 0.2) is 10.8 Å². The van der Waals surface area contributed by atoms with Crippen LogP contribution in [-0.4, -0.2) is 32.5 Å². The average molecular weight is 434 g/mol. The third kappa shape index (κ3) is 4.19. The number of amides is 1. The summed E-state index contributed by atoms with van der Waals surface area (Å²) in [5.41, 5.74) is 0.496. The largest absolute Gasteiger partial charge is 0.495 e. The fraction of sp³-hybridized carbons (Fsp3) is 0.263. The van der Waals surface area contributed by atoms with Crippen molar-refractivity contribution in [3.8, 4) is 16.5 Å². The maximum absolute atomic E-state index is 12.8. The van der Waals surface area contributed by atoms with Crippen molar-refractivity contribution < 1.29 is 22.4 Å². The van der Waals surface area contributed by atoms with Crippen LogP contribution in [-0.2, 0) is 10.0 Å². The summed E-state index contributed by atoms with van der Waals surface area (Å²) in [5.74, 6) is 0.469. The second-order valence-electron chi connectivity index (χ2n) is 6.61. The van der Waals surface area contributed by atoms with Crippen LogP contribution in [0.1, 0.15) is 28.2 Å². The lowest BCUT2D eigenvalue weighted by Gasteiger charge is -2.12. The second kappa shape index (κ2) is 7.62. The minimum Gasteiger partial charge on any atom is -0.495 e. The summed E-state index contributed by atoms with van der Waals surface area (Å²) in [7, 11) is -2.21. The minimum absolute atomic E-state index is 0.0159. The number of ether oxygens (including phenoxy) is 1. The van der Waals surface area contributed by atoms with E-state index >= 15 is 0 Å². The van der Waals surface area contributed by atoms with Crippen LogP contribution in [0.5, 0.6) is 5.75 Å². The van der Waals surface area contributed by atoms with Gasteiger partial charge in [-0.3, -0.25) is 4.79 Å². The van der Waals surface area contributed by atoms with Crippen molar-refractivity contribution in [3.05, 3.63) is 47.2 Å². The van der Waals surface area contributed by atoms with Crippen molar-refractivity contribution in [2.24, 2.45) is 0 Å². The van der Waals surface area contributed by atoms with E-state index in [2.05, 4.69) is 15.0 Å². The predicted molar refractivity (Wildman–Crippen MR) is 109 cm³/mol. The van der Waals surface area contributed by atoms with Crippen LogP contribution in [0.25, 0.3) is 10.8 Å². The lowest BCUT2D eigenvalue weighted by atomic mass is 10.2. The summed E-state index contributed by atoms with van der Waals surface area (Å²) in [4.78, 5) is 18.0. The topological polar surface area (TPSA) is 111 Å². The Balaban J connectivity index is 1.61. The molecule has 8 nitrogen and oxygen atoms in total. The molecule has 29 heavy (non-hydrogen) atoms. The third-order valence-electron chi connectivity index (χ3n) is 4.37. The van der Waals surface area contributed by atoms with Crippen LogP contribution in [0.3, 0.4) is 0 Å². The van der Waals surface area contributed by atoms with E-state index in [9.17, 15) is 13.2 Å². The number of hydrogen-bond acceptors (Lipinski definition) is 7. The number of aromatic nitrogens is 1. The van der Waals surface area contributed by atoms with Gasteiger partial charge in [0, 0.05) is 10.9 Å². The summed E-state index contributed by atoms with van der Waals surface area (Å²) in [6, 6.07) is 7.85. The Morgan fingerprint density at radius 2 is 2.10 bits per heavy atom. The van der Waals surface area contributed by atoms with Gasteiger partial charge in [0.2, 0.25) is 10.0 Å². The smallest absolute Gasteiger partial charge is 0.275 e. The molecule has 10 heteroatoms. The Morgan fingerprint density at radius 1 is 1.31 bits per heavy atom. The fourth-order valence-electron chi connectivity index (χ4n) is 2.73.